The maximum Gasteiger partial charge on any atom is 0.117 e. The van der Waals surface area contributed by atoms with Gasteiger partial charge in [-0.25, -0.2) is 5.73 Å². The summed E-state index contributed by atoms with van der Waals surface area (Å²) in [6.07, 6.45) is 0.639. The normalized spacial score (nSPS) is 14.5. The van der Waals surface area contributed by atoms with Crippen LogP contribution < -0.4 is 5.73 Å². The van der Waals surface area contributed by atoms with Gasteiger partial charge in [-0.05, 0) is 6.42 Å². The second kappa shape index (κ2) is 3.12. The standard InChI is InChI=1S/C4H10NO/c1-2-3-4(5)6/h4-6H,2-3H2,1H3. The minimum Gasteiger partial charge on any atom is -0.377 e. The molecule has 0 aromatic heterocycles. The van der Waals surface area contributed by atoms with E-state index >= 15 is 0 Å². The van der Waals surface area contributed by atoms with E-state index < -0.39 is 6.23 Å². The van der Waals surface area contributed by atoms with Crippen LogP contribution in [0.1, 0.15) is 19.8 Å². The first-order valence-corrected chi connectivity index (χ1v) is 2.16. The quantitative estimate of drug-likeness (QED) is 0.521. The molecule has 0 saturated heterocycles. The van der Waals surface area contributed by atoms with Gasteiger partial charge in [-0.2, -0.15) is 0 Å². The average molecular weight is 88.1 g/mol. The van der Waals surface area contributed by atoms with E-state index in [4.69, 9.17) is 10.8 Å². The number of hydrogen-bond donors (Lipinski definition) is 1. The molecule has 0 aromatic carbocycles. The summed E-state index contributed by atoms with van der Waals surface area (Å²) in [5, 5.41) is 8.22. The summed E-state index contributed by atoms with van der Waals surface area (Å²) < 4.78 is 0. The number of rotatable bonds is 2. The maximum atomic E-state index is 8.22. The van der Waals surface area contributed by atoms with Crippen LogP contribution >= 0.6 is 0 Å². The summed E-state index contributed by atoms with van der Waals surface area (Å²) in [4.78, 5) is 0. The van der Waals surface area contributed by atoms with Gasteiger partial charge in [0.15, 0.2) is 0 Å². The molecule has 0 bridgehead atoms. The summed E-state index contributed by atoms with van der Waals surface area (Å²) in [5.41, 5.74) is 6.53. The van der Waals surface area contributed by atoms with Gasteiger partial charge in [0.05, 0.1) is 0 Å². The van der Waals surface area contributed by atoms with E-state index in [9.17, 15) is 0 Å². The molecule has 0 heterocycles. The molecule has 0 amide bonds. The largest absolute Gasteiger partial charge is 0.377 e. The van der Waals surface area contributed by atoms with Gasteiger partial charge in [0.2, 0.25) is 0 Å². The lowest BCUT2D eigenvalue weighted by Crippen LogP contribution is -2.04. The van der Waals surface area contributed by atoms with Gasteiger partial charge in [-0.1, -0.05) is 13.3 Å². The molecule has 0 aliphatic rings. The van der Waals surface area contributed by atoms with Crippen LogP contribution in [-0.4, -0.2) is 11.3 Å². The molecule has 0 rings (SSSR count). The number of aliphatic hydroxyl groups is 1. The van der Waals surface area contributed by atoms with Crippen LogP contribution in [0.2, 0.25) is 0 Å². The van der Waals surface area contributed by atoms with E-state index in [1.807, 2.05) is 6.92 Å². The van der Waals surface area contributed by atoms with E-state index in [1.165, 1.54) is 0 Å². The Bertz CT molecular complexity index is 28.7. The van der Waals surface area contributed by atoms with Crippen molar-refractivity contribution in [2.24, 2.45) is 0 Å². The van der Waals surface area contributed by atoms with Crippen LogP contribution in [0.25, 0.3) is 0 Å². The molecular weight excluding hydrogens is 78.0 g/mol. The third kappa shape index (κ3) is 3.92. The van der Waals surface area contributed by atoms with Gasteiger partial charge in [0, 0.05) is 0 Å². The highest BCUT2D eigenvalue weighted by atomic mass is 16.3. The monoisotopic (exact) mass is 88.1 g/mol. The zero-order valence-corrected chi connectivity index (χ0v) is 3.94. The summed E-state index contributed by atoms with van der Waals surface area (Å²) >= 11 is 0. The Kier molecular flexibility index (Phi) is 3.08. The third-order valence-electron chi connectivity index (χ3n) is 0.562. The minimum atomic E-state index is -0.852. The van der Waals surface area contributed by atoms with Crippen LogP contribution in [0.3, 0.4) is 0 Å². The lowest BCUT2D eigenvalue weighted by molar-refractivity contribution is 0.163. The highest BCUT2D eigenvalue weighted by Gasteiger charge is 1.88. The molecule has 6 heavy (non-hydrogen) atoms. The first-order valence-electron chi connectivity index (χ1n) is 2.16. The Morgan fingerprint density at radius 2 is 2.33 bits per heavy atom. The molecule has 0 aliphatic carbocycles. The lowest BCUT2D eigenvalue weighted by Gasteiger charge is -1.94. The molecule has 0 aromatic rings. The topological polar surface area (TPSA) is 44.0 Å². The Hall–Kier alpha value is -0.0800. The Labute approximate surface area is 38.0 Å². The van der Waals surface area contributed by atoms with Crippen LogP contribution in [-0.2, 0) is 0 Å². The van der Waals surface area contributed by atoms with Gasteiger partial charge in [-0.15, -0.1) is 0 Å². The molecule has 37 valence electrons. The first kappa shape index (κ1) is 5.92. The van der Waals surface area contributed by atoms with Crippen LogP contribution in [0.4, 0.5) is 0 Å². The van der Waals surface area contributed by atoms with Gasteiger partial charge in [-0.3, -0.25) is 0 Å². The Morgan fingerprint density at radius 3 is 2.33 bits per heavy atom. The number of aliphatic hydroxyl groups excluding tert-OH is 1. The molecule has 0 aliphatic heterocycles. The fourth-order valence-electron chi connectivity index (χ4n) is 0.273. The first-order chi connectivity index (χ1) is 2.77. The minimum absolute atomic E-state index is 0.597. The number of hydrogen-bond acceptors (Lipinski definition) is 1. The van der Waals surface area contributed by atoms with Crippen LogP contribution in [0.15, 0.2) is 0 Å². The van der Waals surface area contributed by atoms with Crippen molar-refractivity contribution in [2.75, 3.05) is 0 Å². The van der Waals surface area contributed by atoms with Crippen LogP contribution in [0.5, 0.6) is 0 Å². The summed E-state index contributed by atoms with van der Waals surface area (Å²) in [6, 6.07) is 0. The summed E-state index contributed by atoms with van der Waals surface area (Å²) in [6.45, 7) is 1.94. The van der Waals surface area contributed by atoms with Gasteiger partial charge in [0.25, 0.3) is 0 Å². The molecule has 0 saturated carbocycles. The van der Waals surface area contributed by atoms with Crippen molar-refractivity contribution < 1.29 is 5.11 Å². The SMILES string of the molecule is CCCC([NH])O. The third-order valence-corrected chi connectivity index (χ3v) is 0.562. The van der Waals surface area contributed by atoms with Crippen LogP contribution in [0, 0.1) is 0 Å². The number of nitrogens with one attached hydrogen (secondary N) is 1. The predicted molar refractivity (Wildman–Crippen MR) is 24.0 cm³/mol. The summed E-state index contributed by atoms with van der Waals surface area (Å²) in [7, 11) is 0. The van der Waals surface area contributed by atoms with Gasteiger partial charge >= 0.3 is 0 Å². The molecule has 2 nitrogen and oxygen atoms in total. The average Bonchev–Trinajstić information content (AvgIpc) is 1.35. The zero-order valence-electron chi connectivity index (χ0n) is 3.94. The van der Waals surface area contributed by atoms with Crippen molar-refractivity contribution in [2.45, 2.75) is 26.0 Å². The molecule has 2 N–H and O–H groups in total. The van der Waals surface area contributed by atoms with Crippen molar-refractivity contribution in [1.82, 2.24) is 5.73 Å². The molecule has 1 atom stereocenters. The van der Waals surface area contributed by atoms with E-state index in [1.54, 1.807) is 0 Å². The van der Waals surface area contributed by atoms with E-state index in [0.29, 0.717) is 6.42 Å². The fourth-order valence-corrected chi connectivity index (χ4v) is 0.273. The summed E-state index contributed by atoms with van der Waals surface area (Å²) in [5.74, 6) is 0. The van der Waals surface area contributed by atoms with E-state index in [0.717, 1.165) is 6.42 Å². The molecule has 0 fully saturated rings. The fraction of sp³-hybridized carbons (Fsp3) is 1.00. The van der Waals surface area contributed by atoms with E-state index in [2.05, 4.69) is 0 Å². The van der Waals surface area contributed by atoms with Crippen molar-refractivity contribution in [3.8, 4) is 0 Å². The molecule has 1 radical (unpaired) electrons. The smallest absolute Gasteiger partial charge is 0.117 e. The second-order valence-electron chi connectivity index (χ2n) is 1.30. The molecule has 1 unspecified atom stereocenters. The van der Waals surface area contributed by atoms with Crippen molar-refractivity contribution in [1.29, 1.82) is 0 Å². The highest BCUT2D eigenvalue weighted by Crippen LogP contribution is 1.87. The van der Waals surface area contributed by atoms with Gasteiger partial charge < -0.3 is 5.11 Å². The molecule has 0 spiro atoms. The maximum absolute atomic E-state index is 8.22. The van der Waals surface area contributed by atoms with Crippen molar-refractivity contribution in [3.63, 3.8) is 0 Å². The van der Waals surface area contributed by atoms with E-state index in [-0.39, 0.29) is 0 Å². The zero-order chi connectivity index (χ0) is 4.99. The Balaban J connectivity index is 2.63. The Morgan fingerprint density at radius 1 is 1.83 bits per heavy atom. The van der Waals surface area contributed by atoms with Gasteiger partial charge in [0.1, 0.15) is 6.23 Å². The molecular formula is C4H10NO. The van der Waals surface area contributed by atoms with Crippen molar-refractivity contribution in [3.05, 3.63) is 0 Å². The van der Waals surface area contributed by atoms with Crippen molar-refractivity contribution >= 4 is 0 Å². The second-order valence-corrected chi connectivity index (χ2v) is 1.30. The highest BCUT2D eigenvalue weighted by molar-refractivity contribution is 4.37. The lowest BCUT2D eigenvalue weighted by atomic mass is 10.3. The predicted octanol–water partition coefficient (Wildman–Crippen LogP) is 0.388. The molecule has 2 heteroatoms.